The normalized spacial score (nSPS) is 24.7. The van der Waals surface area contributed by atoms with E-state index in [9.17, 15) is 9.59 Å². The molecule has 0 aliphatic heterocycles. The molecule has 1 aliphatic carbocycles. The Kier molecular flexibility index (Phi) is 6.80. The molecule has 0 radical (unpaired) electrons. The van der Waals surface area contributed by atoms with Gasteiger partial charge in [-0.15, -0.1) is 0 Å². The van der Waals surface area contributed by atoms with Crippen LogP contribution in [0.1, 0.15) is 32.6 Å². The highest BCUT2D eigenvalue weighted by Crippen LogP contribution is 2.24. The van der Waals surface area contributed by atoms with Gasteiger partial charge in [-0.1, -0.05) is 0 Å². The Bertz CT molecular complexity index is 302. The molecule has 0 aromatic rings. The Balaban J connectivity index is 2.24. The van der Waals surface area contributed by atoms with Crippen LogP contribution in [0.15, 0.2) is 0 Å². The summed E-state index contributed by atoms with van der Waals surface area (Å²) in [6.07, 6.45) is 3.41. The second-order valence-corrected chi connectivity index (χ2v) is 5.12. The number of carbonyl (C=O) groups is 2. The summed E-state index contributed by atoms with van der Waals surface area (Å²) in [5.41, 5.74) is 5.29. The third kappa shape index (κ3) is 5.57. The Morgan fingerprint density at radius 1 is 1.32 bits per heavy atom. The second kappa shape index (κ2) is 8.12. The molecular weight excluding hydrogens is 246 g/mol. The third-order valence-electron chi connectivity index (χ3n) is 3.61. The maximum atomic E-state index is 11.8. The summed E-state index contributed by atoms with van der Waals surface area (Å²) in [6, 6.07) is 0.0609. The van der Waals surface area contributed by atoms with Gasteiger partial charge in [-0.05, 0) is 32.6 Å². The zero-order valence-corrected chi connectivity index (χ0v) is 11.8. The molecule has 1 fully saturated rings. The first kappa shape index (κ1) is 15.9. The molecule has 1 saturated carbocycles. The fourth-order valence-corrected chi connectivity index (χ4v) is 2.40. The first-order chi connectivity index (χ1) is 9.04. The molecule has 19 heavy (non-hydrogen) atoms. The minimum Gasteiger partial charge on any atom is -0.383 e. The lowest BCUT2D eigenvalue weighted by atomic mass is 9.85. The molecule has 0 spiro atoms. The standard InChI is InChI=1S/C13H25N3O3/c1-9(13(18)15-7-8-19-2)16-11-5-3-10(4-6-11)12(14)17/h9-11,16H,3-8H2,1-2H3,(H2,14,17)(H,15,18). The van der Waals surface area contributed by atoms with Crippen molar-refractivity contribution in [1.82, 2.24) is 10.6 Å². The van der Waals surface area contributed by atoms with Crippen molar-refractivity contribution in [1.29, 1.82) is 0 Å². The SMILES string of the molecule is COCCNC(=O)C(C)NC1CCC(C(N)=O)CC1. The van der Waals surface area contributed by atoms with Crippen LogP contribution in [0.3, 0.4) is 0 Å². The van der Waals surface area contributed by atoms with Crippen LogP contribution in [0.2, 0.25) is 0 Å². The Hall–Kier alpha value is -1.14. The number of primary amides is 1. The minimum absolute atomic E-state index is 0.00360. The summed E-state index contributed by atoms with van der Waals surface area (Å²) in [6.45, 7) is 2.89. The zero-order chi connectivity index (χ0) is 14.3. The van der Waals surface area contributed by atoms with Gasteiger partial charge >= 0.3 is 0 Å². The van der Waals surface area contributed by atoms with Gasteiger partial charge in [-0.25, -0.2) is 0 Å². The minimum atomic E-state index is -0.230. The summed E-state index contributed by atoms with van der Waals surface area (Å²) in [4.78, 5) is 22.8. The molecule has 1 unspecified atom stereocenters. The van der Waals surface area contributed by atoms with E-state index in [2.05, 4.69) is 10.6 Å². The van der Waals surface area contributed by atoms with E-state index in [0.29, 0.717) is 19.2 Å². The first-order valence-corrected chi connectivity index (χ1v) is 6.86. The van der Waals surface area contributed by atoms with E-state index in [4.69, 9.17) is 10.5 Å². The highest BCUT2D eigenvalue weighted by atomic mass is 16.5. The molecule has 6 nitrogen and oxygen atoms in total. The van der Waals surface area contributed by atoms with Crippen molar-refractivity contribution in [2.45, 2.75) is 44.7 Å². The third-order valence-corrected chi connectivity index (χ3v) is 3.61. The molecule has 0 heterocycles. The van der Waals surface area contributed by atoms with Gasteiger partial charge in [0.05, 0.1) is 12.6 Å². The van der Waals surface area contributed by atoms with Crippen molar-refractivity contribution >= 4 is 11.8 Å². The number of hydrogen-bond donors (Lipinski definition) is 3. The molecule has 1 aliphatic rings. The van der Waals surface area contributed by atoms with Crippen molar-refractivity contribution in [3.8, 4) is 0 Å². The Morgan fingerprint density at radius 3 is 2.47 bits per heavy atom. The van der Waals surface area contributed by atoms with Crippen molar-refractivity contribution in [3.05, 3.63) is 0 Å². The number of rotatable bonds is 7. The highest BCUT2D eigenvalue weighted by Gasteiger charge is 2.26. The lowest BCUT2D eigenvalue weighted by Gasteiger charge is -2.29. The van der Waals surface area contributed by atoms with Crippen LogP contribution in [0.25, 0.3) is 0 Å². The van der Waals surface area contributed by atoms with Gasteiger partial charge in [-0.2, -0.15) is 0 Å². The molecule has 0 aromatic carbocycles. The molecule has 6 heteroatoms. The second-order valence-electron chi connectivity index (χ2n) is 5.12. The van der Waals surface area contributed by atoms with Crippen LogP contribution < -0.4 is 16.4 Å². The maximum absolute atomic E-state index is 11.8. The maximum Gasteiger partial charge on any atom is 0.236 e. The van der Waals surface area contributed by atoms with Gasteiger partial charge in [0, 0.05) is 25.6 Å². The fraction of sp³-hybridized carbons (Fsp3) is 0.846. The van der Waals surface area contributed by atoms with Gasteiger partial charge < -0.3 is 21.1 Å². The topological polar surface area (TPSA) is 93.4 Å². The van der Waals surface area contributed by atoms with E-state index in [1.165, 1.54) is 0 Å². The summed E-state index contributed by atoms with van der Waals surface area (Å²) in [7, 11) is 1.60. The molecule has 1 rings (SSSR count). The first-order valence-electron chi connectivity index (χ1n) is 6.86. The fourth-order valence-electron chi connectivity index (χ4n) is 2.40. The molecule has 2 amide bonds. The van der Waals surface area contributed by atoms with Gasteiger partial charge in [0.1, 0.15) is 0 Å². The lowest BCUT2D eigenvalue weighted by Crippen LogP contribution is -2.48. The van der Waals surface area contributed by atoms with E-state index >= 15 is 0 Å². The molecule has 1 atom stereocenters. The summed E-state index contributed by atoms with van der Waals surface area (Å²) in [5, 5.41) is 6.10. The van der Waals surface area contributed by atoms with E-state index in [1.54, 1.807) is 7.11 Å². The monoisotopic (exact) mass is 271 g/mol. The smallest absolute Gasteiger partial charge is 0.236 e. The Morgan fingerprint density at radius 2 is 1.95 bits per heavy atom. The van der Waals surface area contributed by atoms with Crippen LogP contribution in [0.4, 0.5) is 0 Å². The van der Waals surface area contributed by atoms with Crippen LogP contribution in [0.5, 0.6) is 0 Å². The quantitative estimate of drug-likeness (QED) is 0.558. The van der Waals surface area contributed by atoms with Crippen LogP contribution in [-0.4, -0.2) is 44.2 Å². The number of nitrogens with two attached hydrogens (primary N) is 1. The number of methoxy groups -OCH3 is 1. The predicted octanol–water partition coefficient (Wildman–Crippen LogP) is -0.229. The number of nitrogens with one attached hydrogen (secondary N) is 2. The van der Waals surface area contributed by atoms with Crippen molar-refractivity contribution in [2.75, 3.05) is 20.3 Å². The van der Waals surface area contributed by atoms with Crippen molar-refractivity contribution in [2.24, 2.45) is 11.7 Å². The van der Waals surface area contributed by atoms with Gasteiger partial charge in [0.2, 0.25) is 11.8 Å². The predicted molar refractivity (Wildman–Crippen MR) is 72.4 cm³/mol. The molecule has 0 saturated heterocycles. The molecular formula is C13H25N3O3. The highest BCUT2D eigenvalue weighted by molar-refractivity contribution is 5.81. The summed E-state index contributed by atoms with van der Waals surface area (Å²) < 4.78 is 4.88. The Labute approximate surface area is 114 Å². The van der Waals surface area contributed by atoms with E-state index in [0.717, 1.165) is 25.7 Å². The number of carbonyl (C=O) groups excluding carboxylic acids is 2. The van der Waals surface area contributed by atoms with E-state index in [-0.39, 0.29) is 23.8 Å². The van der Waals surface area contributed by atoms with Gasteiger partial charge in [0.25, 0.3) is 0 Å². The molecule has 110 valence electrons. The molecule has 4 N–H and O–H groups in total. The number of amides is 2. The van der Waals surface area contributed by atoms with Crippen molar-refractivity contribution < 1.29 is 14.3 Å². The lowest BCUT2D eigenvalue weighted by molar-refractivity contribution is -0.124. The van der Waals surface area contributed by atoms with Gasteiger partial charge in [0.15, 0.2) is 0 Å². The van der Waals surface area contributed by atoms with Crippen LogP contribution in [0, 0.1) is 5.92 Å². The van der Waals surface area contributed by atoms with E-state index < -0.39 is 0 Å². The number of ether oxygens (including phenoxy) is 1. The summed E-state index contributed by atoms with van der Waals surface area (Å²) in [5.74, 6) is -0.221. The average molecular weight is 271 g/mol. The van der Waals surface area contributed by atoms with Crippen LogP contribution in [-0.2, 0) is 14.3 Å². The number of hydrogen-bond acceptors (Lipinski definition) is 4. The molecule has 0 aromatic heterocycles. The summed E-state index contributed by atoms with van der Waals surface area (Å²) >= 11 is 0. The van der Waals surface area contributed by atoms with Crippen LogP contribution >= 0.6 is 0 Å². The largest absolute Gasteiger partial charge is 0.383 e. The van der Waals surface area contributed by atoms with Gasteiger partial charge in [-0.3, -0.25) is 9.59 Å². The zero-order valence-electron chi connectivity index (χ0n) is 11.8. The molecule has 0 bridgehead atoms. The van der Waals surface area contributed by atoms with E-state index in [1.807, 2.05) is 6.92 Å². The average Bonchev–Trinajstić information content (AvgIpc) is 2.39. The van der Waals surface area contributed by atoms with Crippen molar-refractivity contribution in [3.63, 3.8) is 0 Å².